The zero-order chi connectivity index (χ0) is 25.4. The fourth-order valence-corrected chi connectivity index (χ4v) is 7.08. The number of Topliss-reactive ketones (excluding diaryl/α,β-unsaturated/α-hetero) is 1. The number of allylic oxidation sites excluding steroid dienone is 2. The van der Waals surface area contributed by atoms with Gasteiger partial charge in [-0.1, -0.05) is 39.0 Å². The van der Waals surface area contributed by atoms with E-state index in [1.165, 1.54) is 6.92 Å². The molecule has 0 amide bonds. The maximum Gasteiger partial charge on any atom is 0.334 e. The Hall–Kier alpha value is -2.25. The largest absolute Gasteiger partial charge is 0.461 e. The van der Waals surface area contributed by atoms with Crippen molar-refractivity contribution < 1.29 is 34.1 Å². The molecule has 186 valence electrons. The second-order valence-electron chi connectivity index (χ2n) is 11.2. The Bertz CT molecular complexity index is 1030. The lowest BCUT2D eigenvalue weighted by Gasteiger charge is -2.48. The molecule has 7 heteroatoms. The Morgan fingerprint density at radius 2 is 1.91 bits per heavy atom. The molecule has 8 atom stereocenters. The number of carbonyl (C=O) groups is 3. The molecule has 0 aromatic rings. The number of ether oxygens (including phenoxy) is 2. The summed E-state index contributed by atoms with van der Waals surface area (Å²) in [7, 11) is 0. The zero-order valence-corrected chi connectivity index (χ0v) is 21.0. The van der Waals surface area contributed by atoms with E-state index in [9.17, 15) is 24.6 Å². The topological polar surface area (TPSA) is 110 Å². The van der Waals surface area contributed by atoms with Crippen molar-refractivity contribution in [3.05, 3.63) is 34.9 Å². The number of carbonyl (C=O) groups excluding carboxylic acids is 3. The number of rotatable bonds is 4. The predicted octanol–water partition coefficient (Wildman–Crippen LogP) is 2.90. The third-order valence-corrected chi connectivity index (χ3v) is 9.14. The third-order valence-electron chi connectivity index (χ3n) is 9.14. The van der Waals surface area contributed by atoms with Crippen LogP contribution in [0.15, 0.2) is 34.9 Å². The first-order valence-corrected chi connectivity index (χ1v) is 12.1. The maximum absolute atomic E-state index is 14.4. The van der Waals surface area contributed by atoms with Crippen molar-refractivity contribution in [1.29, 1.82) is 0 Å². The van der Waals surface area contributed by atoms with Crippen LogP contribution < -0.4 is 0 Å². The van der Waals surface area contributed by atoms with E-state index in [0.717, 1.165) is 0 Å². The summed E-state index contributed by atoms with van der Waals surface area (Å²) in [5.41, 5.74) is -2.47. The summed E-state index contributed by atoms with van der Waals surface area (Å²) < 4.78 is 11.0. The molecule has 2 fully saturated rings. The van der Waals surface area contributed by atoms with Gasteiger partial charge in [0, 0.05) is 18.4 Å². The summed E-state index contributed by atoms with van der Waals surface area (Å²) in [6.45, 7) is 12.3. The molecule has 0 aromatic carbocycles. The monoisotopic (exact) mass is 472 g/mol. The molecule has 7 nitrogen and oxygen atoms in total. The second kappa shape index (κ2) is 7.89. The molecule has 0 unspecified atom stereocenters. The summed E-state index contributed by atoms with van der Waals surface area (Å²) in [4.78, 5) is 38.7. The highest BCUT2D eigenvalue weighted by Gasteiger charge is 2.76. The van der Waals surface area contributed by atoms with Crippen LogP contribution in [-0.4, -0.2) is 52.4 Å². The highest BCUT2D eigenvalue weighted by molar-refractivity contribution is 5.96. The van der Waals surface area contributed by atoms with Crippen LogP contribution in [0.5, 0.6) is 0 Å². The van der Waals surface area contributed by atoms with Crippen molar-refractivity contribution in [3.63, 3.8) is 0 Å². The van der Waals surface area contributed by atoms with Crippen molar-refractivity contribution in [2.24, 2.45) is 34.5 Å². The standard InChI is InChI=1S/C27H36O7/c1-8-13(2)24(31)34-23-14(3)11-26-15(4)9-19-20(25(19,6)7)18(22(26)30)10-17(12-33-16(5)28)21(29)27(23,26)32/h8,10-11,15,18-21,23,29,32H,9,12H2,1-7H3/b13-8+/t15-,18+,19-,20+,21-,23+,26+,27+/m1/s1. The summed E-state index contributed by atoms with van der Waals surface area (Å²) in [5, 5.41) is 24.1. The quantitative estimate of drug-likeness (QED) is 0.368. The third kappa shape index (κ3) is 3.12. The van der Waals surface area contributed by atoms with Gasteiger partial charge in [0.15, 0.2) is 17.5 Å². The van der Waals surface area contributed by atoms with E-state index >= 15 is 0 Å². The molecule has 34 heavy (non-hydrogen) atoms. The van der Waals surface area contributed by atoms with Gasteiger partial charge < -0.3 is 19.7 Å². The van der Waals surface area contributed by atoms with Gasteiger partial charge in [-0.2, -0.15) is 0 Å². The highest BCUT2D eigenvalue weighted by Crippen LogP contribution is 2.71. The van der Waals surface area contributed by atoms with Gasteiger partial charge >= 0.3 is 11.9 Å². The first-order valence-electron chi connectivity index (χ1n) is 12.1. The van der Waals surface area contributed by atoms with Gasteiger partial charge in [-0.05, 0) is 61.5 Å². The fourth-order valence-electron chi connectivity index (χ4n) is 7.08. The van der Waals surface area contributed by atoms with Crippen LogP contribution in [0, 0.1) is 34.5 Å². The van der Waals surface area contributed by atoms with Crippen LogP contribution in [0.3, 0.4) is 0 Å². The number of esters is 2. The van der Waals surface area contributed by atoms with Crippen LogP contribution >= 0.6 is 0 Å². The highest BCUT2D eigenvalue weighted by atomic mass is 16.6. The average Bonchev–Trinajstić information content (AvgIpc) is 3.26. The second-order valence-corrected chi connectivity index (χ2v) is 11.2. The molecule has 0 saturated heterocycles. The van der Waals surface area contributed by atoms with Crippen molar-refractivity contribution in [2.75, 3.05) is 6.61 Å². The van der Waals surface area contributed by atoms with Crippen molar-refractivity contribution in [3.8, 4) is 0 Å². The molecule has 2 saturated carbocycles. The van der Waals surface area contributed by atoms with Crippen LogP contribution in [0.2, 0.25) is 0 Å². The van der Waals surface area contributed by atoms with Crippen LogP contribution in [-0.2, 0) is 23.9 Å². The van der Waals surface area contributed by atoms with E-state index in [2.05, 4.69) is 13.8 Å². The molecule has 0 heterocycles. The van der Waals surface area contributed by atoms with Crippen molar-refractivity contribution in [1.82, 2.24) is 0 Å². The van der Waals surface area contributed by atoms with Crippen molar-refractivity contribution in [2.45, 2.75) is 72.7 Å². The van der Waals surface area contributed by atoms with E-state index in [1.54, 1.807) is 39.0 Å². The van der Waals surface area contributed by atoms with Crippen LogP contribution in [0.25, 0.3) is 0 Å². The molecule has 0 radical (unpaired) electrons. The van der Waals surface area contributed by atoms with Gasteiger partial charge in [0.2, 0.25) is 0 Å². The summed E-state index contributed by atoms with van der Waals surface area (Å²) in [6, 6.07) is 0. The van der Waals surface area contributed by atoms with Crippen LogP contribution in [0.4, 0.5) is 0 Å². The molecule has 1 spiro atoms. The lowest BCUT2D eigenvalue weighted by atomic mass is 9.59. The Kier molecular flexibility index (Phi) is 5.77. The van der Waals surface area contributed by atoms with Gasteiger partial charge in [-0.15, -0.1) is 0 Å². The lowest BCUT2D eigenvalue weighted by molar-refractivity contribution is -0.201. The number of aliphatic hydroxyl groups excluding tert-OH is 1. The zero-order valence-electron chi connectivity index (χ0n) is 21.0. The van der Waals surface area contributed by atoms with Gasteiger partial charge in [-0.25, -0.2) is 4.79 Å². The van der Waals surface area contributed by atoms with Gasteiger partial charge in [0.1, 0.15) is 12.7 Å². The molecule has 4 rings (SSSR count). The van der Waals surface area contributed by atoms with Gasteiger partial charge in [0.25, 0.3) is 0 Å². The molecule has 0 aromatic heterocycles. The molecular formula is C27H36O7. The summed E-state index contributed by atoms with van der Waals surface area (Å²) >= 11 is 0. The summed E-state index contributed by atoms with van der Waals surface area (Å²) in [6.07, 6.45) is 2.96. The number of aliphatic hydroxyl groups is 2. The number of ketones is 1. The molecule has 4 aliphatic carbocycles. The number of hydrogen-bond donors (Lipinski definition) is 2. The Labute approximate surface area is 200 Å². The van der Waals surface area contributed by atoms with Crippen LogP contribution in [0.1, 0.15) is 54.9 Å². The number of fused-ring (bicyclic) bond motifs is 3. The SMILES string of the molecule is C/C=C(\C)C(=O)O[C@H]1C(C)=C[C@]23C(=O)[C@@H](C=C(COC(C)=O)[C@@H](O)[C@]12O)[C@H]1[C@@H](C[C@H]3C)C1(C)C. The molecular weight excluding hydrogens is 436 g/mol. The number of hydrogen-bond acceptors (Lipinski definition) is 7. The van der Waals surface area contributed by atoms with E-state index in [-0.39, 0.29) is 41.1 Å². The first-order chi connectivity index (χ1) is 15.7. The molecule has 0 aliphatic heterocycles. The predicted molar refractivity (Wildman–Crippen MR) is 124 cm³/mol. The van der Waals surface area contributed by atoms with Gasteiger partial charge in [-0.3, -0.25) is 9.59 Å². The summed E-state index contributed by atoms with van der Waals surface area (Å²) in [5.74, 6) is -1.83. The average molecular weight is 473 g/mol. The van der Waals surface area contributed by atoms with E-state index in [4.69, 9.17) is 9.47 Å². The minimum atomic E-state index is -2.13. The Morgan fingerprint density at radius 3 is 2.50 bits per heavy atom. The molecule has 2 N–H and O–H groups in total. The normalized spacial score (nSPS) is 42.4. The van der Waals surface area contributed by atoms with E-state index < -0.39 is 41.1 Å². The lowest BCUT2D eigenvalue weighted by Crippen LogP contribution is -2.65. The van der Waals surface area contributed by atoms with E-state index in [1.807, 2.05) is 6.92 Å². The Morgan fingerprint density at radius 1 is 1.26 bits per heavy atom. The smallest absolute Gasteiger partial charge is 0.334 e. The van der Waals surface area contributed by atoms with Crippen molar-refractivity contribution >= 4 is 17.7 Å². The Balaban J connectivity index is 1.90. The van der Waals surface area contributed by atoms with Gasteiger partial charge in [0.05, 0.1) is 5.41 Å². The van der Waals surface area contributed by atoms with E-state index in [0.29, 0.717) is 17.6 Å². The maximum atomic E-state index is 14.4. The fraction of sp³-hybridized carbons (Fsp3) is 0.667. The minimum Gasteiger partial charge on any atom is -0.461 e. The first kappa shape index (κ1) is 24.9. The molecule has 2 bridgehead atoms. The molecule has 4 aliphatic rings. The minimum absolute atomic E-state index is 0.0566.